The highest BCUT2D eigenvalue weighted by atomic mass is 35.5. The van der Waals surface area contributed by atoms with Crippen LogP contribution in [-0.2, 0) is 0 Å². The molecular weight excluding hydrogens is 262 g/mol. The normalized spacial score (nSPS) is 18.4. The van der Waals surface area contributed by atoms with Crippen molar-refractivity contribution in [2.75, 3.05) is 18.0 Å². The molecule has 0 radical (unpaired) electrons. The Morgan fingerprint density at radius 1 is 1.42 bits per heavy atom. The summed E-state index contributed by atoms with van der Waals surface area (Å²) in [6.07, 6.45) is 2.15. The summed E-state index contributed by atoms with van der Waals surface area (Å²) in [5.41, 5.74) is 12.6. The standard InChI is InChI=1S/C14H20ClN3O/c1-9(16)10-4-6-18(7-5-10)13-3-2-11(14(17)19)8-12(13)15/h2-3,8-10H,4-7,16H2,1H3,(H2,17,19). The Morgan fingerprint density at radius 2 is 2.05 bits per heavy atom. The van der Waals surface area contributed by atoms with Gasteiger partial charge in [0.15, 0.2) is 0 Å². The molecule has 1 unspecified atom stereocenters. The van der Waals surface area contributed by atoms with Crippen LogP contribution in [0.5, 0.6) is 0 Å². The first kappa shape index (κ1) is 14.2. The van der Waals surface area contributed by atoms with Crippen LogP contribution in [-0.4, -0.2) is 25.0 Å². The van der Waals surface area contributed by atoms with E-state index in [0.717, 1.165) is 31.6 Å². The first-order valence-corrected chi connectivity index (χ1v) is 6.96. The van der Waals surface area contributed by atoms with Crippen LogP contribution in [0.15, 0.2) is 18.2 Å². The number of piperidine rings is 1. The number of nitrogens with zero attached hydrogens (tertiary/aromatic N) is 1. The second kappa shape index (κ2) is 5.80. The zero-order chi connectivity index (χ0) is 14.0. The number of nitrogens with two attached hydrogens (primary N) is 2. The van der Waals surface area contributed by atoms with E-state index in [2.05, 4.69) is 11.8 Å². The molecule has 19 heavy (non-hydrogen) atoms. The van der Waals surface area contributed by atoms with Crippen molar-refractivity contribution in [3.05, 3.63) is 28.8 Å². The predicted octanol–water partition coefficient (Wildman–Crippen LogP) is 2.00. The topological polar surface area (TPSA) is 72.3 Å². The number of carbonyl (C=O) groups excluding carboxylic acids is 1. The third kappa shape index (κ3) is 3.19. The molecule has 1 heterocycles. The molecule has 1 aromatic rings. The van der Waals surface area contributed by atoms with Crippen molar-refractivity contribution in [1.82, 2.24) is 0 Å². The summed E-state index contributed by atoms with van der Waals surface area (Å²) in [6, 6.07) is 5.47. The summed E-state index contributed by atoms with van der Waals surface area (Å²) < 4.78 is 0. The number of benzene rings is 1. The Morgan fingerprint density at radius 3 is 2.53 bits per heavy atom. The first-order chi connectivity index (χ1) is 8.99. The van der Waals surface area contributed by atoms with Crippen LogP contribution in [0.25, 0.3) is 0 Å². The Labute approximate surface area is 118 Å². The molecule has 1 amide bonds. The van der Waals surface area contributed by atoms with Gasteiger partial charge in [0.2, 0.25) is 5.91 Å². The van der Waals surface area contributed by atoms with Crippen molar-refractivity contribution in [3.63, 3.8) is 0 Å². The van der Waals surface area contributed by atoms with E-state index in [9.17, 15) is 4.79 Å². The molecule has 5 heteroatoms. The van der Waals surface area contributed by atoms with Crippen molar-refractivity contribution in [1.29, 1.82) is 0 Å². The molecule has 1 aliphatic heterocycles. The van der Waals surface area contributed by atoms with Crippen LogP contribution < -0.4 is 16.4 Å². The lowest BCUT2D eigenvalue weighted by molar-refractivity contribution is 0.100. The van der Waals surface area contributed by atoms with Gasteiger partial charge in [0.1, 0.15) is 0 Å². The third-order valence-corrected chi connectivity index (χ3v) is 4.16. The summed E-state index contributed by atoms with van der Waals surface area (Å²) in [5.74, 6) is 0.129. The smallest absolute Gasteiger partial charge is 0.248 e. The van der Waals surface area contributed by atoms with Gasteiger partial charge in [-0.1, -0.05) is 11.6 Å². The zero-order valence-corrected chi connectivity index (χ0v) is 11.9. The second-order valence-electron chi connectivity index (χ2n) is 5.21. The quantitative estimate of drug-likeness (QED) is 0.890. The van der Waals surface area contributed by atoms with Crippen LogP contribution in [0.4, 0.5) is 5.69 Å². The largest absolute Gasteiger partial charge is 0.370 e. The monoisotopic (exact) mass is 281 g/mol. The van der Waals surface area contributed by atoms with Gasteiger partial charge >= 0.3 is 0 Å². The minimum Gasteiger partial charge on any atom is -0.370 e. The number of carbonyl (C=O) groups is 1. The lowest BCUT2D eigenvalue weighted by Gasteiger charge is -2.35. The van der Waals surface area contributed by atoms with E-state index in [1.54, 1.807) is 12.1 Å². The minimum atomic E-state index is -0.455. The van der Waals surface area contributed by atoms with Crippen molar-refractivity contribution in [2.24, 2.45) is 17.4 Å². The number of hydrogen-bond acceptors (Lipinski definition) is 3. The Hall–Kier alpha value is -1.26. The maximum absolute atomic E-state index is 11.1. The van der Waals surface area contributed by atoms with Crippen LogP contribution in [0.2, 0.25) is 5.02 Å². The van der Waals surface area contributed by atoms with Gasteiger partial charge in [0.05, 0.1) is 10.7 Å². The lowest BCUT2D eigenvalue weighted by Crippen LogP contribution is -2.39. The number of hydrogen-bond donors (Lipinski definition) is 2. The number of amides is 1. The number of anilines is 1. The van der Waals surface area contributed by atoms with E-state index >= 15 is 0 Å². The zero-order valence-electron chi connectivity index (χ0n) is 11.1. The molecular formula is C14H20ClN3O. The number of halogens is 1. The van der Waals surface area contributed by atoms with E-state index in [1.807, 2.05) is 6.07 Å². The highest BCUT2D eigenvalue weighted by molar-refractivity contribution is 6.33. The van der Waals surface area contributed by atoms with E-state index in [4.69, 9.17) is 23.1 Å². The fourth-order valence-electron chi connectivity index (χ4n) is 2.58. The van der Waals surface area contributed by atoms with Crippen LogP contribution in [0.3, 0.4) is 0 Å². The fraction of sp³-hybridized carbons (Fsp3) is 0.500. The van der Waals surface area contributed by atoms with E-state index < -0.39 is 5.91 Å². The molecule has 1 saturated heterocycles. The SMILES string of the molecule is CC(N)C1CCN(c2ccc(C(N)=O)cc2Cl)CC1. The lowest BCUT2D eigenvalue weighted by atomic mass is 9.90. The average Bonchev–Trinajstić information content (AvgIpc) is 2.38. The minimum absolute atomic E-state index is 0.245. The summed E-state index contributed by atoms with van der Waals surface area (Å²) in [5, 5.41) is 0.579. The van der Waals surface area contributed by atoms with Gasteiger partial charge in [-0.3, -0.25) is 4.79 Å². The number of primary amides is 1. The molecule has 0 bridgehead atoms. The molecule has 4 nitrogen and oxygen atoms in total. The van der Waals surface area contributed by atoms with Gasteiger partial charge < -0.3 is 16.4 Å². The summed E-state index contributed by atoms with van der Waals surface area (Å²) in [6.45, 7) is 3.96. The Balaban J connectivity index is 2.09. The molecule has 104 valence electrons. The second-order valence-corrected chi connectivity index (χ2v) is 5.62. The molecule has 0 aromatic heterocycles. The van der Waals surface area contributed by atoms with Crippen LogP contribution in [0, 0.1) is 5.92 Å². The molecule has 1 aromatic carbocycles. The molecule has 2 rings (SSSR count). The molecule has 0 saturated carbocycles. The number of rotatable bonds is 3. The average molecular weight is 282 g/mol. The van der Waals surface area contributed by atoms with E-state index in [0.29, 0.717) is 16.5 Å². The summed E-state index contributed by atoms with van der Waals surface area (Å²) in [4.78, 5) is 13.3. The van der Waals surface area contributed by atoms with Crippen molar-refractivity contribution in [3.8, 4) is 0 Å². The summed E-state index contributed by atoms with van der Waals surface area (Å²) in [7, 11) is 0. The maximum Gasteiger partial charge on any atom is 0.248 e. The molecule has 1 fully saturated rings. The molecule has 1 aliphatic rings. The molecule has 0 spiro atoms. The van der Waals surface area contributed by atoms with Gasteiger partial charge in [-0.15, -0.1) is 0 Å². The van der Waals surface area contributed by atoms with Gasteiger partial charge in [-0.05, 0) is 43.9 Å². The van der Waals surface area contributed by atoms with E-state index in [1.165, 1.54) is 0 Å². The molecule has 1 atom stereocenters. The van der Waals surface area contributed by atoms with Crippen molar-refractivity contribution in [2.45, 2.75) is 25.8 Å². The van der Waals surface area contributed by atoms with Crippen molar-refractivity contribution < 1.29 is 4.79 Å². The first-order valence-electron chi connectivity index (χ1n) is 6.59. The highest BCUT2D eigenvalue weighted by Gasteiger charge is 2.23. The highest BCUT2D eigenvalue weighted by Crippen LogP contribution is 2.31. The predicted molar refractivity (Wildman–Crippen MR) is 78.6 cm³/mol. The molecule has 4 N–H and O–H groups in total. The van der Waals surface area contributed by atoms with E-state index in [-0.39, 0.29) is 6.04 Å². The Bertz CT molecular complexity index is 468. The summed E-state index contributed by atoms with van der Waals surface area (Å²) >= 11 is 6.23. The third-order valence-electron chi connectivity index (χ3n) is 3.86. The van der Waals surface area contributed by atoms with Gasteiger partial charge in [-0.25, -0.2) is 0 Å². The van der Waals surface area contributed by atoms with Gasteiger partial charge in [0, 0.05) is 24.7 Å². The van der Waals surface area contributed by atoms with Crippen molar-refractivity contribution >= 4 is 23.2 Å². The van der Waals surface area contributed by atoms with Gasteiger partial charge in [-0.2, -0.15) is 0 Å². The van der Waals surface area contributed by atoms with Crippen LogP contribution in [0.1, 0.15) is 30.1 Å². The Kier molecular flexibility index (Phi) is 4.32. The molecule has 0 aliphatic carbocycles. The maximum atomic E-state index is 11.1. The van der Waals surface area contributed by atoms with Gasteiger partial charge in [0.25, 0.3) is 0 Å². The van der Waals surface area contributed by atoms with Crippen LogP contribution >= 0.6 is 11.6 Å². The fourth-order valence-corrected chi connectivity index (χ4v) is 2.88.